The summed E-state index contributed by atoms with van der Waals surface area (Å²) in [6.45, 7) is 0. The molecule has 0 aliphatic rings. The summed E-state index contributed by atoms with van der Waals surface area (Å²) >= 11 is 0. The van der Waals surface area contributed by atoms with Gasteiger partial charge in [0.05, 0.1) is 0 Å². The first kappa shape index (κ1) is 13.3. The van der Waals surface area contributed by atoms with Crippen molar-refractivity contribution in [1.29, 1.82) is 0 Å². The van der Waals surface area contributed by atoms with E-state index < -0.39 is 8.25 Å². The predicted molar refractivity (Wildman–Crippen MR) is 45.8 cm³/mol. The Morgan fingerprint density at radius 2 is 1.55 bits per heavy atom. The lowest BCUT2D eigenvalue weighted by molar-refractivity contribution is 0.405. The molecule has 5 nitrogen and oxygen atoms in total. The monoisotopic (exact) mass is 242 g/mol. The van der Waals surface area contributed by atoms with Gasteiger partial charge >= 0.3 is 8.25 Å². The molecule has 0 atom stereocenters. The summed E-state index contributed by atoms with van der Waals surface area (Å²) in [5, 5.41) is 0. The average Bonchev–Trinajstić information content (AvgIpc) is 1.90. The van der Waals surface area contributed by atoms with Gasteiger partial charge in [0.25, 0.3) is 0 Å². The van der Waals surface area contributed by atoms with E-state index in [1.807, 2.05) is 0 Å². The van der Waals surface area contributed by atoms with E-state index in [0.717, 1.165) is 0 Å². The number of rotatable bonds is 0. The van der Waals surface area contributed by atoms with E-state index >= 15 is 0 Å². The zero-order valence-electron chi connectivity index (χ0n) is 5.41. The van der Waals surface area contributed by atoms with Crippen LogP contribution >= 0.6 is 25.2 Å². The van der Waals surface area contributed by atoms with Crippen LogP contribution in [0.2, 0.25) is 0 Å². The van der Waals surface area contributed by atoms with Crippen LogP contribution in [0.4, 0.5) is 0 Å². The van der Waals surface area contributed by atoms with Crippen LogP contribution in [-0.4, -0.2) is 19.8 Å². The maximum atomic E-state index is 8.74. The zero-order valence-corrected chi connectivity index (χ0v) is 8.13. The smallest absolute Gasteiger partial charge is 0.314 e. The summed E-state index contributed by atoms with van der Waals surface area (Å²) in [6.07, 6.45) is 4.88. The van der Waals surface area contributed by atoms with Crippen molar-refractivity contribution in [3.63, 3.8) is 0 Å². The van der Waals surface area contributed by atoms with Crippen molar-refractivity contribution < 1.29 is 14.4 Å². The highest BCUT2D eigenvalue weighted by atomic mass is 79.9. The molecule has 0 saturated carbocycles. The summed E-state index contributed by atoms with van der Waals surface area (Å²) < 4.78 is 8.74. The Morgan fingerprint density at radius 3 is 1.64 bits per heavy atom. The minimum Gasteiger partial charge on any atom is -0.326 e. The molecular weight excluding hydrogens is 235 g/mol. The summed E-state index contributed by atoms with van der Waals surface area (Å²) in [6, 6.07) is 1.78. The highest BCUT2D eigenvalue weighted by Crippen LogP contribution is 1.98. The molecule has 0 saturated heterocycles. The van der Waals surface area contributed by atoms with E-state index in [-0.39, 0.29) is 17.0 Å². The molecule has 1 aromatic rings. The van der Waals surface area contributed by atoms with Crippen LogP contribution < -0.4 is 0 Å². The van der Waals surface area contributed by atoms with Crippen LogP contribution in [0.5, 0.6) is 0 Å². The maximum Gasteiger partial charge on any atom is 0.314 e. The molecule has 7 heteroatoms. The summed E-state index contributed by atoms with van der Waals surface area (Å²) in [7, 11) is -3.13. The average molecular weight is 243 g/mol. The Labute approximate surface area is 74.9 Å². The normalized spacial score (nSPS) is 7.55. The van der Waals surface area contributed by atoms with Gasteiger partial charge in [-0.25, -0.2) is 9.97 Å². The third-order valence-electron chi connectivity index (χ3n) is 0.478. The first-order valence-electron chi connectivity index (χ1n) is 2.35. The highest BCUT2D eigenvalue weighted by molar-refractivity contribution is 8.93. The molecule has 1 aromatic heterocycles. The highest BCUT2D eigenvalue weighted by Gasteiger charge is 1.61. The molecule has 0 aliphatic carbocycles. The molecule has 0 spiro atoms. The zero-order chi connectivity index (χ0) is 7.82. The Bertz CT molecular complexity index is 155. The van der Waals surface area contributed by atoms with Crippen LogP contribution in [0.25, 0.3) is 0 Å². The van der Waals surface area contributed by atoms with Gasteiger partial charge in [-0.1, -0.05) is 0 Å². The topological polar surface area (TPSA) is 83.3 Å². The van der Waals surface area contributed by atoms with Gasteiger partial charge in [0.15, 0.2) is 0 Å². The molecule has 0 aliphatic heterocycles. The quantitative estimate of drug-likeness (QED) is 0.645. The van der Waals surface area contributed by atoms with E-state index in [9.17, 15) is 0 Å². The Morgan fingerprint density at radius 1 is 1.18 bits per heavy atom. The number of nitrogens with zero attached hydrogens (tertiary/aromatic N) is 2. The molecule has 1 heterocycles. The van der Waals surface area contributed by atoms with Crippen molar-refractivity contribution in [1.82, 2.24) is 9.97 Å². The Kier molecular flexibility index (Phi) is 11.7. The minimum absolute atomic E-state index is 0. The number of halogens is 1. The van der Waals surface area contributed by atoms with E-state index in [1.165, 1.54) is 6.33 Å². The van der Waals surface area contributed by atoms with Gasteiger partial charge in [-0.15, -0.1) is 17.0 Å². The SMILES string of the molecule is Br.O=[PH](O)O.c1cncnc1. The molecule has 0 unspecified atom stereocenters. The van der Waals surface area contributed by atoms with E-state index in [2.05, 4.69) is 9.97 Å². The molecule has 11 heavy (non-hydrogen) atoms. The van der Waals surface area contributed by atoms with E-state index in [0.29, 0.717) is 0 Å². The lowest BCUT2D eigenvalue weighted by Crippen LogP contribution is -1.66. The number of hydrogen-bond donors (Lipinski definition) is 2. The van der Waals surface area contributed by atoms with Gasteiger partial charge < -0.3 is 9.79 Å². The van der Waals surface area contributed by atoms with Crippen molar-refractivity contribution >= 4 is 25.2 Å². The Hall–Kier alpha value is -0.290. The molecule has 2 N–H and O–H groups in total. The molecule has 0 bridgehead atoms. The third-order valence-corrected chi connectivity index (χ3v) is 0.478. The van der Waals surface area contributed by atoms with Gasteiger partial charge in [-0.3, -0.25) is 4.57 Å². The van der Waals surface area contributed by atoms with E-state index in [4.69, 9.17) is 14.4 Å². The first-order valence-corrected chi connectivity index (χ1v) is 3.65. The van der Waals surface area contributed by atoms with Crippen molar-refractivity contribution in [2.24, 2.45) is 0 Å². The Balaban J connectivity index is 0. The van der Waals surface area contributed by atoms with Crippen LogP contribution in [-0.2, 0) is 4.57 Å². The van der Waals surface area contributed by atoms with Gasteiger partial charge in [-0.2, -0.15) is 0 Å². The van der Waals surface area contributed by atoms with Crippen molar-refractivity contribution in [2.75, 3.05) is 0 Å². The van der Waals surface area contributed by atoms with Gasteiger partial charge in [0, 0.05) is 12.4 Å². The fourth-order valence-electron chi connectivity index (χ4n) is 0.253. The predicted octanol–water partition coefficient (Wildman–Crippen LogP) is 0.415. The number of aromatic nitrogens is 2. The number of hydrogen-bond acceptors (Lipinski definition) is 3. The van der Waals surface area contributed by atoms with Gasteiger partial charge in [0.1, 0.15) is 6.33 Å². The van der Waals surface area contributed by atoms with Crippen molar-refractivity contribution in [3.05, 3.63) is 24.8 Å². The molecule has 0 radical (unpaired) electrons. The lowest BCUT2D eigenvalue weighted by Gasteiger charge is -1.70. The fourth-order valence-corrected chi connectivity index (χ4v) is 0.253. The molecule has 64 valence electrons. The second-order valence-corrected chi connectivity index (χ2v) is 1.75. The van der Waals surface area contributed by atoms with Crippen LogP contribution in [0.3, 0.4) is 0 Å². The standard InChI is InChI=1S/C4H4N2.BrH.H3O3P/c1-2-5-4-6-3-1;;1-4(2)3/h1-4H;1H;4H,(H2,1,2,3). The molecule has 0 fully saturated rings. The van der Waals surface area contributed by atoms with E-state index in [1.54, 1.807) is 18.5 Å². The summed E-state index contributed by atoms with van der Waals surface area (Å²) in [4.78, 5) is 21.7. The fraction of sp³-hybridized carbons (Fsp3) is 0. The van der Waals surface area contributed by atoms with Crippen molar-refractivity contribution in [2.45, 2.75) is 0 Å². The molecular formula is C4H8BrN2O3P. The molecule has 1 rings (SSSR count). The lowest BCUT2D eigenvalue weighted by atomic mass is 10.7. The third kappa shape index (κ3) is 17.7. The van der Waals surface area contributed by atoms with Gasteiger partial charge in [0.2, 0.25) is 0 Å². The van der Waals surface area contributed by atoms with Crippen LogP contribution in [0.15, 0.2) is 24.8 Å². The van der Waals surface area contributed by atoms with Crippen molar-refractivity contribution in [3.8, 4) is 0 Å². The summed E-state index contributed by atoms with van der Waals surface area (Å²) in [5.74, 6) is 0. The second-order valence-electron chi connectivity index (χ2n) is 1.19. The minimum atomic E-state index is -3.13. The van der Waals surface area contributed by atoms with Gasteiger partial charge in [-0.05, 0) is 6.07 Å². The van der Waals surface area contributed by atoms with Crippen LogP contribution in [0, 0.1) is 0 Å². The van der Waals surface area contributed by atoms with Crippen LogP contribution in [0.1, 0.15) is 0 Å². The second kappa shape index (κ2) is 9.71. The first-order chi connectivity index (χ1) is 4.73. The maximum absolute atomic E-state index is 8.74. The molecule has 0 aromatic carbocycles. The summed E-state index contributed by atoms with van der Waals surface area (Å²) in [5.41, 5.74) is 0. The molecule has 0 amide bonds. The largest absolute Gasteiger partial charge is 0.326 e.